The third kappa shape index (κ3) is 3.40. The fourth-order valence-electron chi connectivity index (χ4n) is 1.62. The molecule has 1 aliphatic heterocycles. The Labute approximate surface area is 100.0 Å². The average Bonchev–Trinajstić information content (AvgIpc) is 2.78. The molecule has 0 spiro atoms. The van der Waals surface area contributed by atoms with Crippen LogP contribution < -0.4 is 5.32 Å². The van der Waals surface area contributed by atoms with E-state index in [1.165, 1.54) is 11.5 Å². The highest BCUT2D eigenvalue weighted by atomic mass is 32.1. The Morgan fingerprint density at radius 2 is 2.25 bits per heavy atom. The van der Waals surface area contributed by atoms with Gasteiger partial charge in [-0.2, -0.15) is 4.37 Å². The minimum absolute atomic E-state index is 0.860. The average molecular weight is 242 g/mol. The fraction of sp³-hybridized carbons (Fsp3) is 0.800. The number of nitrogens with one attached hydrogen (secondary N) is 1. The molecule has 5 nitrogen and oxygen atoms in total. The number of nitrogens with zero attached hydrogens (tertiary/aromatic N) is 3. The molecule has 1 fully saturated rings. The molecule has 0 amide bonds. The third-order valence-electron chi connectivity index (χ3n) is 2.59. The van der Waals surface area contributed by atoms with Gasteiger partial charge in [0.2, 0.25) is 5.13 Å². The second kappa shape index (κ2) is 6.12. The first kappa shape index (κ1) is 11.8. The topological polar surface area (TPSA) is 50.3 Å². The SMILES string of the molecule is CCc1nsc(NCCN2CCOCC2)n1. The molecule has 1 aromatic rings. The molecule has 1 aliphatic rings. The predicted molar refractivity (Wildman–Crippen MR) is 65.0 cm³/mol. The summed E-state index contributed by atoms with van der Waals surface area (Å²) >= 11 is 1.45. The zero-order chi connectivity index (χ0) is 11.2. The van der Waals surface area contributed by atoms with Crippen molar-refractivity contribution in [1.29, 1.82) is 0 Å². The Hall–Kier alpha value is -0.720. The highest BCUT2D eigenvalue weighted by molar-refractivity contribution is 7.09. The predicted octanol–water partition coefficient (Wildman–Crippen LogP) is 0.845. The van der Waals surface area contributed by atoms with Gasteiger partial charge in [0, 0.05) is 44.1 Å². The zero-order valence-electron chi connectivity index (χ0n) is 9.61. The van der Waals surface area contributed by atoms with Gasteiger partial charge < -0.3 is 10.1 Å². The van der Waals surface area contributed by atoms with Gasteiger partial charge in [0.1, 0.15) is 5.82 Å². The Morgan fingerprint density at radius 3 is 2.94 bits per heavy atom. The molecule has 6 heteroatoms. The van der Waals surface area contributed by atoms with Crippen molar-refractivity contribution >= 4 is 16.7 Å². The van der Waals surface area contributed by atoms with Crippen molar-refractivity contribution < 1.29 is 4.74 Å². The molecule has 0 bridgehead atoms. The van der Waals surface area contributed by atoms with Crippen molar-refractivity contribution in [2.24, 2.45) is 0 Å². The lowest BCUT2D eigenvalue weighted by Gasteiger charge is -2.26. The molecule has 2 rings (SSSR count). The molecule has 0 aliphatic carbocycles. The van der Waals surface area contributed by atoms with E-state index in [0.29, 0.717) is 0 Å². The van der Waals surface area contributed by atoms with Crippen LogP contribution in [0.5, 0.6) is 0 Å². The van der Waals surface area contributed by atoms with Crippen molar-refractivity contribution in [2.45, 2.75) is 13.3 Å². The summed E-state index contributed by atoms with van der Waals surface area (Å²) in [6.45, 7) is 7.84. The van der Waals surface area contributed by atoms with Crippen molar-refractivity contribution in [3.63, 3.8) is 0 Å². The van der Waals surface area contributed by atoms with E-state index >= 15 is 0 Å². The normalized spacial score (nSPS) is 17.6. The van der Waals surface area contributed by atoms with Gasteiger partial charge in [0.25, 0.3) is 0 Å². The van der Waals surface area contributed by atoms with Gasteiger partial charge in [-0.1, -0.05) is 6.92 Å². The van der Waals surface area contributed by atoms with E-state index in [1.807, 2.05) is 0 Å². The van der Waals surface area contributed by atoms with E-state index in [2.05, 4.69) is 26.5 Å². The summed E-state index contributed by atoms with van der Waals surface area (Å²) in [6.07, 6.45) is 0.904. The quantitative estimate of drug-likeness (QED) is 0.829. The maximum absolute atomic E-state index is 5.30. The minimum Gasteiger partial charge on any atom is -0.379 e. The van der Waals surface area contributed by atoms with E-state index in [0.717, 1.165) is 56.8 Å². The summed E-state index contributed by atoms with van der Waals surface area (Å²) in [5, 5.41) is 4.24. The maximum atomic E-state index is 5.30. The van der Waals surface area contributed by atoms with Crippen LogP contribution in [-0.2, 0) is 11.2 Å². The smallest absolute Gasteiger partial charge is 0.202 e. The summed E-state index contributed by atoms with van der Waals surface area (Å²) in [7, 11) is 0. The number of hydrogen-bond donors (Lipinski definition) is 1. The first-order valence-corrected chi connectivity index (χ1v) is 6.52. The maximum Gasteiger partial charge on any atom is 0.202 e. The molecule has 90 valence electrons. The Balaban J connectivity index is 1.66. The standard InChI is InChI=1S/C10H18N4OS/c1-2-9-12-10(16-13-9)11-3-4-14-5-7-15-8-6-14/h2-8H2,1H3,(H,11,12,13). The van der Waals surface area contributed by atoms with Crippen LogP contribution in [0, 0.1) is 0 Å². The Morgan fingerprint density at radius 1 is 1.44 bits per heavy atom. The zero-order valence-corrected chi connectivity index (χ0v) is 10.4. The second-order valence-electron chi connectivity index (χ2n) is 3.75. The van der Waals surface area contributed by atoms with Gasteiger partial charge in [-0.25, -0.2) is 4.98 Å². The summed E-state index contributed by atoms with van der Waals surface area (Å²) in [6, 6.07) is 0. The molecule has 0 saturated carbocycles. The summed E-state index contributed by atoms with van der Waals surface area (Å²) in [5.74, 6) is 0.930. The van der Waals surface area contributed by atoms with Gasteiger partial charge in [0.05, 0.1) is 13.2 Å². The number of rotatable bonds is 5. The summed E-state index contributed by atoms with van der Waals surface area (Å²) in [4.78, 5) is 6.77. The highest BCUT2D eigenvalue weighted by Gasteiger charge is 2.09. The van der Waals surface area contributed by atoms with Crippen molar-refractivity contribution in [3.8, 4) is 0 Å². The number of aryl methyl sites for hydroxylation is 1. The molecule has 0 aromatic carbocycles. The van der Waals surface area contributed by atoms with Crippen LogP contribution in [-0.4, -0.2) is 53.7 Å². The highest BCUT2D eigenvalue weighted by Crippen LogP contribution is 2.10. The minimum atomic E-state index is 0.860. The van der Waals surface area contributed by atoms with E-state index in [9.17, 15) is 0 Å². The van der Waals surface area contributed by atoms with Crippen molar-refractivity contribution in [3.05, 3.63) is 5.82 Å². The van der Waals surface area contributed by atoms with Gasteiger partial charge in [-0.3, -0.25) is 4.90 Å². The Kier molecular flexibility index (Phi) is 4.50. The number of morpholine rings is 1. The van der Waals surface area contributed by atoms with Crippen molar-refractivity contribution in [1.82, 2.24) is 14.3 Å². The molecule has 1 saturated heterocycles. The summed E-state index contributed by atoms with van der Waals surface area (Å²) < 4.78 is 9.53. The first-order chi connectivity index (χ1) is 7.88. The van der Waals surface area contributed by atoms with Crippen LogP contribution in [0.2, 0.25) is 0 Å². The number of ether oxygens (including phenoxy) is 1. The molecular weight excluding hydrogens is 224 g/mol. The van der Waals surface area contributed by atoms with E-state index < -0.39 is 0 Å². The monoisotopic (exact) mass is 242 g/mol. The molecule has 0 unspecified atom stereocenters. The van der Waals surface area contributed by atoms with Crippen molar-refractivity contribution in [2.75, 3.05) is 44.7 Å². The lowest BCUT2D eigenvalue weighted by molar-refractivity contribution is 0.0398. The van der Waals surface area contributed by atoms with Crippen LogP contribution in [0.15, 0.2) is 0 Å². The van der Waals surface area contributed by atoms with Crippen LogP contribution in [0.1, 0.15) is 12.7 Å². The van der Waals surface area contributed by atoms with Crippen LogP contribution in [0.4, 0.5) is 5.13 Å². The van der Waals surface area contributed by atoms with Gasteiger partial charge in [-0.15, -0.1) is 0 Å². The van der Waals surface area contributed by atoms with Gasteiger partial charge in [0.15, 0.2) is 0 Å². The fourth-order valence-corrected chi connectivity index (χ4v) is 2.29. The number of aromatic nitrogens is 2. The molecular formula is C10H18N4OS. The van der Waals surface area contributed by atoms with Crippen LogP contribution in [0.25, 0.3) is 0 Å². The molecule has 0 radical (unpaired) electrons. The summed E-state index contributed by atoms with van der Waals surface area (Å²) in [5.41, 5.74) is 0. The number of hydrogen-bond acceptors (Lipinski definition) is 6. The first-order valence-electron chi connectivity index (χ1n) is 5.75. The lowest BCUT2D eigenvalue weighted by Crippen LogP contribution is -2.38. The second-order valence-corrected chi connectivity index (χ2v) is 4.50. The van der Waals surface area contributed by atoms with Gasteiger partial charge >= 0.3 is 0 Å². The Bertz CT molecular complexity index is 312. The van der Waals surface area contributed by atoms with Crippen LogP contribution in [0.3, 0.4) is 0 Å². The molecule has 1 N–H and O–H groups in total. The number of anilines is 1. The van der Waals surface area contributed by atoms with E-state index in [4.69, 9.17) is 4.74 Å². The third-order valence-corrected chi connectivity index (χ3v) is 3.30. The molecule has 2 heterocycles. The van der Waals surface area contributed by atoms with Crippen LogP contribution >= 0.6 is 11.5 Å². The molecule has 1 aromatic heterocycles. The molecule has 16 heavy (non-hydrogen) atoms. The largest absolute Gasteiger partial charge is 0.379 e. The van der Waals surface area contributed by atoms with E-state index in [1.54, 1.807) is 0 Å². The lowest BCUT2D eigenvalue weighted by atomic mass is 10.4. The molecule has 0 atom stereocenters. The van der Waals surface area contributed by atoms with E-state index in [-0.39, 0.29) is 0 Å². The van der Waals surface area contributed by atoms with Gasteiger partial charge in [-0.05, 0) is 0 Å².